The van der Waals surface area contributed by atoms with Crippen LogP contribution in [0.5, 0.6) is 5.75 Å². The first kappa shape index (κ1) is 17.4. The predicted octanol–water partition coefficient (Wildman–Crippen LogP) is 4.77. The average molecular weight is 370 g/mol. The zero-order valence-corrected chi connectivity index (χ0v) is 15.8. The third-order valence-corrected chi connectivity index (χ3v) is 5.60. The lowest BCUT2D eigenvalue weighted by Gasteiger charge is -2.31. The van der Waals surface area contributed by atoms with Crippen molar-refractivity contribution in [3.8, 4) is 16.9 Å². The standard InChI is InChI=1S/C21H24ClN3O/c1-2-24-10-6-7-16(13-24)14-26-20-11-18(17-8-4-3-5-9-17)21(22)25-15-23-12-19(20)25/h3-5,8-9,11-12,15-16H,2,6-7,10,13-14H2,1H3/t16-/m1/s1. The van der Waals surface area contributed by atoms with E-state index >= 15 is 0 Å². The van der Waals surface area contributed by atoms with Crippen LogP contribution in [0.2, 0.25) is 5.15 Å². The molecule has 0 amide bonds. The highest BCUT2D eigenvalue weighted by molar-refractivity contribution is 6.32. The summed E-state index contributed by atoms with van der Waals surface area (Å²) < 4.78 is 8.18. The molecule has 1 aromatic carbocycles. The summed E-state index contributed by atoms with van der Waals surface area (Å²) in [4.78, 5) is 6.77. The molecule has 0 radical (unpaired) electrons. The quantitative estimate of drug-likeness (QED) is 0.607. The molecule has 0 N–H and O–H groups in total. The number of ether oxygens (including phenoxy) is 1. The van der Waals surface area contributed by atoms with Gasteiger partial charge in [-0.25, -0.2) is 4.98 Å². The molecule has 26 heavy (non-hydrogen) atoms. The Morgan fingerprint density at radius 3 is 2.92 bits per heavy atom. The maximum atomic E-state index is 6.64. The molecule has 3 aromatic rings. The van der Waals surface area contributed by atoms with E-state index in [1.54, 1.807) is 6.33 Å². The van der Waals surface area contributed by atoms with E-state index in [1.165, 1.54) is 19.4 Å². The van der Waals surface area contributed by atoms with Crippen LogP contribution in [0, 0.1) is 5.92 Å². The second-order valence-corrected chi connectivity index (χ2v) is 7.30. The highest BCUT2D eigenvalue weighted by Gasteiger charge is 2.20. The van der Waals surface area contributed by atoms with Gasteiger partial charge in [-0.2, -0.15) is 0 Å². The maximum Gasteiger partial charge on any atom is 0.145 e. The second-order valence-electron chi connectivity index (χ2n) is 6.94. The van der Waals surface area contributed by atoms with E-state index in [0.29, 0.717) is 11.1 Å². The normalized spacial score (nSPS) is 18.3. The average Bonchev–Trinajstić information content (AvgIpc) is 3.19. The van der Waals surface area contributed by atoms with Crippen LogP contribution in [0.1, 0.15) is 19.8 Å². The number of fused-ring (bicyclic) bond motifs is 1. The lowest BCUT2D eigenvalue weighted by atomic mass is 9.99. The molecule has 0 saturated carbocycles. The molecule has 1 fully saturated rings. The highest BCUT2D eigenvalue weighted by Crippen LogP contribution is 2.35. The van der Waals surface area contributed by atoms with Gasteiger partial charge in [-0.3, -0.25) is 4.40 Å². The molecule has 4 rings (SSSR count). The highest BCUT2D eigenvalue weighted by atomic mass is 35.5. The molecule has 2 aromatic heterocycles. The summed E-state index contributed by atoms with van der Waals surface area (Å²) in [5.41, 5.74) is 2.96. The van der Waals surface area contributed by atoms with Crippen molar-refractivity contribution in [3.63, 3.8) is 0 Å². The summed E-state index contributed by atoms with van der Waals surface area (Å²) in [6.45, 7) is 6.39. The van der Waals surface area contributed by atoms with Gasteiger partial charge in [0, 0.05) is 18.0 Å². The number of hydrogen-bond donors (Lipinski definition) is 0. The van der Waals surface area contributed by atoms with Gasteiger partial charge < -0.3 is 9.64 Å². The number of benzene rings is 1. The van der Waals surface area contributed by atoms with Crippen LogP contribution in [0.15, 0.2) is 48.9 Å². The van der Waals surface area contributed by atoms with Crippen LogP contribution >= 0.6 is 11.6 Å². The molecule has 5 heteroatoms. The van der Waals surface area contributed by atoms with E-state index in [2.05, 4.69) is 35.0 Å². The number of nitrogens with zero attached hydrogens (tertiary/aromatic N) is 3. The first-order chi connectivity index (χ1) is 12.8. The number of rotatable bonds is 5. The largest absolute Gasteiger partial charge is 0.491 e. The van der Waals surface area contributed by atoms with Gasteiger partial charge in [0.2, 0.25) is 0 Å². The molecule has 0 bridgehead atoms. The number of likely N-dealkylation sites (tertiary alicyclic amines) is 1. The van der Waals surface area contributed by atoms with Crippen molar-refractivity contribution in [1.82, 2.24) is 14.3 Å². The van der Waals surface area contributed by atoms with Crippen molar-refractivity contribution in [3.05, 3.63) is 54.1 Å². The monoisotopic (exact) mass is 369 g/mol. The minimum atomic E-state index is 0.572. The number of halogens is 1. The molecule has 0 unspecified atom stereocenters. The fourth-order valence-corrected chi connectivity index (χ4v) is 4.04. The van der Waals surface area contributed by atoms with Crippen molar-refractivity contribution >= 4 is 17.1 Å². The Morgan fingerprint density at radius 2 is 2.12 bits per heavy atom. The number of hydrogen-bond acceptors (Lipinski definition) is 3. The van der Waals surface area contributed by atoms with Crippen molar-refractivity contribution in [2.75, 3.05) is 26.2 Å². The molecule has 1 atom stereocenters. The summed E-state index contributed by atoms with van der Waals surface area (Å²) in [5, 5.41) is 0.658. The Bertz CT molecular complexity index is 878. The lowest BCUT2D eigenvalue weighted by Crippen LogP contribution is -2.37. The maximum absolute atomic E-state index is 6.64. The second kappa shape index (κ2) is 7.68. The van der Waals surface area contributed by atoms with Crippen LogP contribution in [0.3, 0.4) is 0 Å². The third kappa shape index (κ3) is 3.44. The molecular weight excluding hydrogens is 346 g/mol. The van der Waals surface area contributed by atoms with E-state index in [0.717, 1.165) is 42.1 Å². The summed E-state index contributed by atoms with van der Waals surface area (Å²) in [6, 6.07) is 12.2. The number of imidazole rings is 1. The van der Waals surface area contributed by atoms with Gasteiger partial charge in [-0.05, 0) is 37.6 Å². The number of aromatic nitrogens is 2. The Morgan fingerprint density at radius 1 is 1.27 bits per heavy atom. The summed E-state index contributed by atoms with van der Waals surface area (Å²) in [5.74, 6) is 1.42. The molecule has 1 aliphatic rings. The van der Waals surface area contributed by atoms with Crippen LogP contribution in [0.4, 0.5) is 0 Å². The minimum Gasteiger partial charge on any atom is -0.491 e. The zero-order valence-electron chi connectivity index (χ0n) is 15.1. The molecule has 136 valence electrons. The Hall–Kier alpha value is -2.04. The van der Waals surface area contributed by atoms with E-state index in [-0.39, 0.29) is 0 Å². The number of piperidine rings is 1. The van der Waals surface area contributed by atoms with E-state index in [1.807, 2.05) is 28.8 Å². The van der Waals surface area contributed by atoms with Crippen LogP contribution in [-0.2, 0) is 0 Å². The zero-order chi connectivity index (χ0) is 17.9. The lowest BCUT2D eigenvalue weighted by molar-refractivity contribution is 0.135. The fraction of sp³-hybridized carbons (Fsp3) is 0.381. The summed E-state index contributed by atoms with van der Waals surface area (Å²) in [6.07, 6.45) is 6.04. The van der Waals surface area contributed by atoms with Crippen LogP contribution in [-0.4, -0.2) is 40.5 Å². The van der Waals surface area contributed by atoms with Crippen LogP contribution in [0.25, 0.3) is 16.6 Å². The Labute approximate surface area is 159 Å². The molecule has 3 heterocycles. The molecular formula is C21H24ClN3O. The Kier molecular flexibility index (Phi) is 5.14. The predicted molar refractivity (Wildman–Crippen MR) is 106 cm³/mol. The van der Waals surface area contributed by atoms with Gasteiger partial charge in [-0.15, -0.1) is 0 Å². The minimum absolute atomic E-state index is 0.572. The van der Waals surface area contributed by atoms with E-state index < -0.39 is 0 Å². The summed E-state index contributed by atoms with van der Waals surface area (Å²) in [7, 11) is 0. The van der Waals surface area contributed by atoms with Gasteiger partial charge in [0.1, 0.15) is 22.7 Å². The van der Waals surface area contributed by atoms with E-state index in [4.69, 9.17) is 16.3 Å². The topological polar surface area (TPSA) is 29.8 Å². The fourth-order valence-electron chi connectivity index (χ4n) is 3.75. The van der Waals surface area contributed by atoms with Crippen molar-refractivity contribution in [1.29, 1.82) is 0 Å². The van der Waals surface area contributed by atoms with Gasteiger partial charge in [0.25, 0.3) is 0 Å². The first-order valence-electron chi connectivity index (χ1n) is 9.31. The van der Waals surface area contributed by atoms with E-state index in [9.17, 15) is 0 Å². The molecule has 0 aliphatic carbocycles. The van der Waals surface area contributed by atoms with Crippen molar-refractivity contribution in [2.45, 2.75) is 19.8 Å². The Balaban J connectivity index is 1.62. The first-order valence-corrected chi connectivity index (χ1v) is 9.69. The van der Waals surface area contributed by atoms with Gasteiger partial charge in [-0.1, -0.05) is 48.9 Å². The van der Waals surface area contributed by atoms with Crippen molar-refractivity contribution in [2.24, 2.45) is 5.92 Å². The molecule has 1 aliphatic heterocycles. The van der Waals surface area contributed by atoms with Crippen molar-refractivity contribution < 1.29 is 4.74 Å². The van der Waals surface area contributed by atoms with Crippen LogP contribution < -0.4 is 4.74 Å². The van der Waals surface area contributed by atoms with Gasteiger partial charge in [0.15, 0.2) is 0 Å². The molecule has 4 nitrogen and oxygen atoms in total. The van der Waals surface area contributed by atoms with Gasteiger partial charge in [0.05, 0.1) is 12.8 Å². The summed E-state index contributed by atoms with van der Waals surface area (Å²) >= 11 is 6.64. The third-order valence-electron chi connectivity index (χ3n) is 5.21. The molecule has 1 saturated heterocycles. The molecule has 0 spiro atoms. The number of pyridine rings is 1. The smallest absolute Gasteiger partial charge is 0.145 e. The SMILES string of the molecule is CCN1CCC[C@@H](COc2cc(-c3ccccc3)c(Cl)n3cncc23)C1. The van der Waals surface area contributed by atoms with Gasteiger partial charge >= 0.3 is 0 Å².